The number of hydrogen-bond acceptors (Lipinski definition) is 3. The van der Waals surface area contributed by atoms with Gasteiger partial charge in [-0.3, -0.25) is 14.5 Å². The van der Waals surface area contributed by atoms with Crippen molar-refractivity contribution in [1.82, 2.24) is 10.2 Å². The van der Waals surface area contributed by atoms with Gasteiger partial charge in [-0.1, -0.05) is 25.0 Å². The second-order valence-electron chi connectivity index (χ2n) is 5.81. The lowest BCUT2D eigenvalue weighted by Gasteiger charge is -2.22. The number of amides is 2. The number of nitrogens with zero attached hydrogens (tertiary/aromatic N) is 1. The SMILES string of the molecule is O=C1CC(NCc2cccc(F)c2)C(=O)N1C1CCCC1. The van der Waals surface area contributed by atoms with E-state index in [-0.39, 0.29) is 30.1 Å². The van der Waals surface area contributed by atoms with Crippen molar-refractivity contribution in [2.75, 3.05) is 0 Å². The minimum absolute atomic E-state index is 0.0800. The second kappa shape index (κ2) is 5.93. The highest BCUT2D eigenvalue weighted by Crippen LogP contribution is 2.28. The summed E-state index contributed by atoms with van der Waals surface area (Å²) in [4.78, 5) is 25.9. The average Bonchev–Trinajstić information content (AvgIpc) is 3.05. The molecule has 1 saturated carbocycles. The van der Waals surface area contributed by atoms with E-state index in [0.29, 0.717) is 6.54 Å². The molecule has 0 radical (unpaired) electrons. The van der Waals surface area contributed by atoms with Gasteiger partial charge in [0.2, 0.25) is 11.8 Å². The molecule has 3 rings (SSSR count). The zero-order valence-electron chi connectivity index (χ0n) is 11.8. The van der Waals surface area contributed by atoms with E-state index in [2.05, 4.69) is 5.32 Å². The molecule has 4 nitrogen and oxygen atoms in total. The molecule has 1 aliphatic carbocycles. The lowest BCUT2D eigenvalue weighted by atomic mass is 10.2. The molecular formula is C16H19FN2O2. The average molecular weight is 290 g/mol. The minimum Gasteiger partial charge on any atom is -0.301 e. The maximum Gasteiger partial charge on any atom is 0.247 e. The number of benzene rings is 1. The van der Waals surface area contributed by atoms with Gasteiger partial charge in [0.05, 0.1) is 12.5 Å². The molecule has 1 aromatic rings. The minimum atomic E-state index is -0.471. The van der Waals surface area contributed by atoms with Gasteiger partial charge in [-0.05, 0) is 30.5 Å². The Balaban J connectivity index is 1.62. The van der Waals surface area contributed by atoms with Gasteiger partial charge in [0.25, 0.3) is 0 Å². The number of halogens is 1. The second-order valence-corrected chi connectivity index (χ2v) is 5.81. The Bertz CT molecular complexity index is 555. The van der Waals surface area contributed by atoms with Gasteiger partial charge in [0.15, 0.2) is 0 Å². The molecule has 2 amide bonds. The molecule has 0 bridgehead atoms. The lowest BCUT2D eigenvalue weighted by molar-refractivity contribution is -0.141. The third-order valence-electron chi connectivity index (χ3n) is 4.31. The Morgan fingerprint density at radius 3 is 2.71 bits per heavy atom. The van der Waals surface area contributed by atoms with Crippen LogP contribution >= 0.6 is 0 Å². The molecule has 0 aromatic heterocycles. The van der Waals surface area contributed by atoms with Crippen LogP contribution in [-0.4, -0.2) is 28.8 Å². The quantitative estimate of drug-likeness (QED) is 0.863. The van der Waals surface area contributed by atoms with Gasteiger partial charge >= 0.3 is 0 Å². The van der Waals surface area contributed by atoms with Crippen molar-refractivity contribution in [2.45, 2.75) is 50.7 Å². The Hall–Kier alpha value is -1.75. The third kappa shape index (κ3) is 2.97. The molecule has 2 aliphatic rings. The topological polar surface area (TPSA) is 49.4 Å². The van der Waals surface area contributed by atoms with E-state index in [9.17, 15) is 14.0 Å². The fourth-order valence-electron chi connectivity index (χ4n) is 3.24. The summed E-state index contributed by atoms with van der Waals surface area (Å²) in [6, 6.07) is 5.87. The van der Waals surface area contributed by atoms with Crippen LogP contribution in [-0.2, 0) is 16.1 Å². The maximum atomic E-state index is 13.1. The molecule has 1 atom stereocenters. The van der Waals surface area contributed by atoms with E-state index in [1.165, 1.54) is 17.0 Å². The standard InChI is InChI=1S/C16H19FN2O2/c17-12-5-3-4-11(8-12)10-18-14-9-15(20)19(16(14)21)13-6-1-2-7-13/h3-5,8,13-14,18H,1-2,6-7,9-10H2. The number of rotatable bonds is 4. The first-order valence-corrected chi connectivity index (χ1v) is 7.49. The fourth-order valence-corrected chi connectivity index (χ4v) is 3.24. The van der Waals surface area contributed by atoms with Crippen LogP contribution < -0.4 is 5.32 Å². The van der Waals surface area contributed by atoms with Crippen molar-refractivity contribution in [2.24, 2.45) is 0 Å². The Labute approximate surface area is 123 Å². The van der Waals surface area contributed by atoms with Crippen molar-refractivity contribution in [3.8, 4) is 0 Å². The van der Waals surface area contributed by atoms with Crippen molar-refractivity contribution in [1.29, 1.82) is 0 Å². The largest absolute Gasteiger partial charge is 0.301 e. The van der Waals surface area contributed by atoms with Crippen LogP contribution in [0.4, 0.5) is 4.39 Å². The molecule has 1 aromatic carbocycles. The summed E-state index contributed by atoms with van der Waals surface area (Å²) < 4.78 is 13.1. The number of nitrogens with one attached hydrogen (secondary N) is 1. The summed E-state index contributed by atoms with van der Waals surface area (Å²) in [5.74, 6) is -0.498. The zero-order chi connectivity index (χ0) is 14.8. The van der Waals surface area contributed by atoms with Crippen molar-refractivity contribution in [3.05, 3.63) is 35.6 Å². The molecular weight excluding hydrogens is 271 g/mol. The van der Waals surface area contributed by atoms with Crippen LogP contribution in [0.15, 0.2) is 24.3 Å². The number of likely N-dealkylation sites (tertiary alicyclic amines) is 1. The van der Waals surface area contributed by atoms with E-state index in [0.717, 1.165) is 31.2 Å². The molecule has 1 heterocycles. The summed E-state index contributed by atoms with van der Waals surface area (Å²) in [5, 5.41) is 3.08. The lowest BCUT2D eigenvalue weighted by Crippen LogP contribution is -2.42. The first-order valence-electron chi connectivity index (χ1n) is 7.49. The van der Waals surface area contributed by atoms with Crippen LogP contribution in [0.2, 0.25) is 0 Å². The summed E-state index contributed by atoms with van der Waals surface area (Å²) in [6.45, 7) is 0.389. The normalized spacial score (nSPS) is 23.3. The number of carbonyl (C=O) groups is 2. The number of hydrogen-bond donors (Lipinski definition) is 1. The summed E-state index contributed by atoms with van der Waals surface area (Å²) in [6.07, 6.45) is 4.24. The molecule has 1 unspecified atom stereocenters. The summed E-state index contributed by atoms with van der Waals surface area (Å²) in [7, 11) is 0. The van der Waals surface area contributed by atoms with Gasteiger partial charge in [-0.2, -0.15) is 0 Å². The van der Waals surface area contributed by atoms with Crippen molar-refractivity contribution < 1.29 is 14.0 Å². The third-order valence-corrected chi connectivity index (χ3v) is 4.31. The van der Waals surface area contributed by atoms with Crippen molar-refractivity contribution >= 4 is 11.8 Å². The van der Waals surface area contributed by atoms with E-state index in [1.54, 1.807) is 12.1 Å². The summed E-state index contributed by atoms with van der Waals surface area (Å²) >= 11 is 0. The Morgan fingerprint density at radius 2 is 2.00 bits per heavy atom. The van der Waals surface area contributed by atoms with E-state index in [4.69, 9.17) is 0 Å². The van der Waals surface area contributed by atoms with Gasteiger partial charge in [-0.25, -0.2) is 4.39 Å². The molecule has 5 heteroatoms. The molecule has 1 saturated heterocycles. The highest BCUT2D eigenvalue weighted by molar-refractivity contribution is 6.05. The zero-order valence-corrected chi connectivity index (χ0v) is 11.8. The molecule has 2 fully saturated rings. The van der Waals surface area contributed by atoms with E-state index >= 15 is 0 Å². The van der Waals surface area contributed by atoms with Crippen LogP contribution in [0.3, 0.4) is 0 Å². The molecule has 21 heavy (non-hydrogen) atoms. The molecule has 1 N–H and O–H groups in total. The van der Waals surface area contributed by atoms with Crippen LogP contribution in [0.1, 0.15) is 37.7 Å². The maximum absolute atomic E-state index is 13.1. The number of imide groups is 1. The summed E-state index contributed by atoms with van der Waals surface area (Å²) in [5.41, 5.74) is 0.773. The van der Waals surface area contributed by atoms with Crippen molar-refractivity contribution in [3.63, 3.8) is 0 Å². The predicted molar refractivity (Wildman–Crippen MR) is 75.8 cm³/mol. The molecule has 1 aliphatic heterocycles. The highest BCUT2D eigenvalue weighted by atomic mass is 19.1. The first kappa shape index (κ1) is 14.2. The van der Waals surface area contributed by atoms with Crippen LogP contribution in [0.25, 0.3) is 0 Å². The van der Waals surface area contributed by atoms with E-state index in [1.807, 2.05) is 0 Å². The smallest absolute Gasteiger partial charge is 0.247 e. The molecule has 112 valence electrons. The first-order chi connectivity index (χ1) is 10.1. The fraction of sp³-hybridized carbons (Fsp3) is 0.500. The van der Waals surface area contributed by atoms with Gasteiger partial charge in [0.1, 0.15) is 5.82 Å². The highest BCUT2D eigenvalue weighted by Gasteiger charge is 2.42. The van der Waals surface area contributed by atoms with Gasteiger partial charge in [-0.15, -0.1) is 0 Å². The van der Waals surface area contributed by atoms with Gasteiger partial charge < -0.3 is 5.32 Å². The van der Waals surface area contributed by atoms with Crippen LogP contribution in [0.5, 0.6) is 0 Å². The number of carbonyl (C=O) groups excluding carboxylic acids is 2. The Morgan fingerprint density at radius 1 is 1.24 bits per heavy atom. The Kier molecular flexibility index (Phi) is 4.01. The monoisotopic (exact) mass is 290 g/mol. The van der Waals surface area contributed by atoms with Crippen LogP contribution in [0, 0.1) is 5.82 Å². The van der Waals surface area contributed by atoms with E-state index < -0.39 is 6.04 Å². The molecule has 0 spiro atoms. The van der Waals surface area contributed by atoms with Gasteiger partial charge in [0, 0.05) is 12.6 Å². The predicted octanol–water partition coefficient (Wildman–Crippen LogP) is 1.99.